The van der Waals surface area contributed by atoms with E-state index in [1.807, 2.05) is 0 Å². The Bertz CT molecular complexity index is 363. The molecule has 0 saturated carbocycles. The molecule has 0 aromatic heterocycles. The summed E-state index contributed by atoms with van der Waals surface area (Å²) in [7, 11) is 0. The van der Waals surface area contributed by atoms with Crippen molar-refractivity contribution in [2.45, 2.75) is 6.92 Å². The zero-order valence-corrected chi connectivity index (χ0v) is 7.82. The van der Waals surface area contributed by atoms with Crippen LogP contribution in [0.5, 0.6) is 0 Å². The van der Waals surface area contributed by atoms with Crippen molar-refractivity contribution in [1.29, 1.82) is 0 Å². The van der Waals surface area contributed by atoms with Crippen molar-refractivity contribution in [2.75, 3.05) is 0 Å². The fourth-order valence-corrected chi connectivity index (χ4v) is 0.945. The van der Waals surface area contributed by atoms with Crippen LogP contribution in [-0.4, -0.2) is 11.9 Å². The van der Waals surface area contributed by atoms with Gasteiger partial charge < -0.3 is 4.74 Å². The number of hydrogen-bond acceptors (Lipinski definition) is 3. The van der Waals surface area contributed by atoms with Gasteiger partial charge in [0.15, 0.2) is 0 Å². The Morgan fingerprint density at radius 2 is 1.86 bits per heavy atom. The molecule has 72 valence electrons. The Labute approximate surface area is 82.0 Å². The summed E-state index contributed by atoms with van der Waals surface area (Å²) < 4.78 is 4.41. The highest BCUT2D eigenvalue weighted by Crippen LogP contribution is 2.06. The molecule has 0 N–H and O–H groups in total. The van der Waals surface area contributed by atoms with Crippen LogP contribution < -0.4 is 0 Å². The summed E-state index contributed by atoms with van der Waals surface area (Å²) >= 11 is 0. The minimum Gasteiger partial charge on any atom is -0.390 e. The Balaban J connectivity index is 2.81. The molecule has 1 rings (SSSR count). The van der Waals surface area contributed by atoms with Gasteiger partial charge in [-0.25, -0.2) is 4.79 Å². The highest BCUT2D eigenvalue weighted by molar-refractivity contribution is 5.96. The largest absolute Gasteiger partial charge is 0.390 e. The van der Waals surface area contributed by atoms with Gasteiger partial charge in [-0.1, -0.05) is 24.8 Å². The fourth-order valence-electron chi connectivity index (χ4n) is 0.945. The van der Waals surface area contributed by atoms with Gasteiger partial charge in [-0.05, 0) is 17.7 Å². The fraction of sp³-hybridized carbons (Fsp3) is 0.0909. The Hall–Kier alpha value is -1.90. The van der Waals surface area contributed by atoms with Gasteiger partial charge in [0.2, 0.25) is 0 Å². The maximum absolute atomic E-state index is 11.2. The lowest BCUT2D eigenvalue weighted by Gasteiger charge is -1.99. The van der Waals surface area contributed by atoms with E-state index in [2.05, 4.69) is 11.3 Å². The van der Waals surface area contributed by atoms with E-state index in [0.29, 0.717) is 5.56 Å². The van der Waals surface area contributed by atoms with Crippen molar-refractivity contribution in [2.24, 2.45) is 0 Å². The van der Waals surface area contributed by atoms with Crippen LogP contribution in [0.3, 0.4) is 0 Å². The first-order valence-electron chi connectivity index (χ1n) is 4.08. The lowest BCUT2D eigenvalue weighted by Crippen LogP contribution is -2.08. The van der Waals surface area contributed by atoms with Crippen molar-refractivity contribution >= 4 is 18.0 Å². The van der Waals surface area contributed by atoms with Crippen LogP contribution in [-0.2, 0) is 9.53 Å². The van der Waals surface area contributed by atoms with Crippen LogP contribution in [0.4, 0.5) is 0 Å². The summed E-state index contributed by atoms with van der Waals surface area (Å²) in [6.45, 7) is 4.77. The Kier molecular flexibility index (Phi) is 3.18. The topological polar surface area (TPSA) is 43.4 Å². The number of benzene rings is 1. The lowest BCUT2D eigenvalue weighted by molar-refractivity contribution is -0.135. The Morgan fingerprint density at radius 3 is 2.29 bits per heavy atom. The molecule has 0 aliphatic heterocycles. The summed E-state index contributed by atoms with van der Waals surface area (Å²) in [4.78, 5) is 21.7. The number of carbonyl (C=O) groups excluding carboxylic acids is 2. The summed E-state index contributed by atoms with van der Waals surface area (Å²) in [5.41, 5.74) is 1.26. The molecule has 0 atom stereocenters. The third-order valence-electron chi connectivity index (χ3n) is 1.62. The Morgan fingerprint density at radius 1 is 1.29 bits per heavy atom. The second-order valence-electron chi connectivity index (χ2n) is 2.71. The minimum atomic E-state index is -0.631. The van der Waals surface area contributed by atoms with Crippen molar-refractivity contribution < 1.29 is 14.3 Å². The summed E-state index contributed by atoms with van der Waals surface area (Å²) in [5, 5.41) is 0. The van der Waals surface area contributed by atoms with Gasteiger partial charge in [0.1, 0.15) is 0 Å². The highest BCUT2D eigenvalue weighted by atomic mass is 16.6. The van der Waals surface area contributed by atoms with E-state index < -0.39 is 11.9 Å². The van der Waals surface area contributed by atoms with Crippen LogP contribution in [0.15, 0.2) is 30.8 Å². The van der Waals surface area contributed by atoms with Crippen molar-refractivity contribution in [1.82, 2.24) is 0 Å². The smallest absolute Gasteiger partial charge is 0.345 e. The molecule has 0 amide bonds. The molecular formula is C11H10O3. The summed E-state index contributed by atoms with van der Waals surface area (Å²) in [5.74, 6) is -1.24. The molecule has 0 aliphatic carbocycles. The predicted octanol–water partition coefficient (Wildman–Crippen LogP) is 2.03. The normalized spacial score (nSPS) is 9.21. The van der Waals surface area contributed by atoms with Gasteiger partial charge in [0.05, 0.1) is 5.56 Å². The van der Waals surface area contributed by atoms with E-state index in [9.17, 15) is 9.59 Å². The number of esters is 2. The molecule has 0 radical (unpaired) electrons. The molecule has 1 aromatic rings. The molecule has 3 nitrogen and oxygen atoms in total. The van der Waals surface area contributed by atoms with E-state index in [0.717, 1.165) is 5.56 Å². The highest BCUT2D eigenvalue weighted by Gasteiger charge is 2.08. The van der Waals surface area contributed by atoms with E-state index in [-0.39, 0.29) is 0 Å². The average Bonchev–Trinajstić information content (AvgIpc) is 2.17. The molecule has 0 unspecified atom stereocenters. The zero-order valence-electron chi connectivity index (χ0n) is 7.82. The van der Waals surface area contributed by atoms with E-state index in [1.165, 1.54) is 6.92 Å². The molecule has 3 heteroatoms. The molecule has 0 aliphatic rings. The standard InChI is InChI=1S/C11H10O3/c1-3-9-4-6-10(7-5-9)11(13)14-8(2)12/h3-7H,1H2,2H3. The van der Waals surface area contributed by atoms with Gasteiger partial charge in [-0.2, -0.15) is 0 Å². The third kappa shape index (κ3) is 2.55. The van der Waals surface area contributed by atoms with Crippen molar-refractivity contribution in [3.63, 3.8) is 0 Å². The molecule has 0 bridgehead atoms. The van der Waals surface area contributed by atoms with Crippen LogP contribution in [0.2, 0.25) is 0 Å². The van der Waals surface area contributed by atoms with Crippen molar-refractivity contribution in [3.05, 3.63) is 42.0 Å². The number of carbonyl (C=O) groups is 2. The zero-order chi connectivity index (χ0) is 10.6. The molecule has 0 heterocycles. The molecule has 0 fully saturated rings. The molecular weight excluding hydrogens is 180 g/mol. The second kappa shape index (κ2) is 4.37. The quantitative estimate of drug-likeness (QED) is 0.529. The summed E-state index contributed by atoms with van der Waals surface area (Å²) in [6, 6.07) is 6.62. The monoisotopic (exact) mass is 190 g/mol. The summed E-state index contributed by atoms with van der Waals surface area (Å²) in [6.07, 6.45) is 1.67. The average molecular weight is 190 g/mol. The maximum Gasteiger partial charge on any atom is 0.345 e. The third-order valence-corrected chi connectivity index (χ3v) is 1.62. The first kappa shape index (κ1) is 10.2. The molecule has 0 saturated heterocycles. The van der Waals surface area contributed by atoms with Crippen LogP contribution in [0.1, 0.15) is 22.8 Å². The van der Waals surface area contributed by atoms with E-state index >= 15 is 0 Å². The van der Waals surface area contributed by atoms with Gasteiger partial charge in [-0.3, -0.25) is 4.79 Å². The molecule has 1 aromatic carbocycles. The number of ether oxygens (including phenoxy) is 1. The maximum atomic E-state index is 11.2. The van der Waals surface area contributed by atoms with Crippen LogP contribution in [0, 0.1) is 0 Å². The van der Waals surface area contributed by atoms with Gasteiger partial charge >= 0.3 is 11.9 Å². The number of hydrogen-bond donors (Lipinski definition) is 0. The van der Waals surface area contributed by atoms with Crippen LogP contribution >= 0.6 is 0 Å². The second-order valence-corrected chi connectivity index (χ2v) is 2.71. The SMILES string of the molecule is C=Cc1ccc(C(=O)OC(C)=O)cc1. The van der Waals surface area contributed by atoms with Gasteiger partial charge in [-0.15, -0.1) is 0 Å². The predicted molar refractivity (Wildman–Crippen MR) is 52.6 cm³/mol. The van der Waals surface area contributed by atoms with Crippen LogP contribution in [0.25, 0.3) is 6.08 Å². The lowest BCUT2D eigenvalue weighted by atomic mass is 10.1. The molecule has 14 heavy (non-hydrogen) atoms. The minimum absolute atomic E-state index is 0.353. The number of rotatable bonds is 2. The van der Waals surface area contributed by atoms with Gasteiger partial charge in [0, 0.05) is 6.92 Å². The van der Waals surface area contributed by atoms with E-state index in [4.69, 9.17) is 0 Å². The van der Waals surface area contributed by atoms with E-state index in [1.54, 1.807) is 30.3 Å². The first-order valence-corrected chi connectivity index (χ1v) is 4.08. The first-order chi connectivity index (χ1) is 6.63. The van der Waals surface area contributed by atoms with Gasteiger partial charge in [0.25, 0.3) is 0 Å². The van der Waals surface area contributed by atoms with Crippen molar-refractivity contribution in [3.8, 4) is 0 Å². The molecule has 0 spiro atoms.